The molecule has 2 rings (SSSR count). The lowest BCUT2D eigenvalue weighted by atomic mass is 9.78. The van der Waals surface area contributed by atoms with Gasteiger partial charge in [-0.3, -0.25) is 0 Å². The minimum Gasteiger partial charge on any atom is -0.400 e. The van der Waals surface area contributed by atoms with Gasteiger partial charge in [0.25, 0.3) is 0 Å². The molecule has 0 unspecified atom stereocenters. The van der Waals surface area contributed by atoms with E-state index in [2.05, 4.69) is 12.6 Å². The Balaban J connectivity index is 2.33. The van der Waals surface area contributed by atoms with Crippen molar-refractivity contribution in [3.8, 4) is 0 Å². The lowest BCUT2D eigenvalue weighted by molar-refractivity contribution is 0.00578. The molecule has 4 N–H and O–H groups in total. The number of benzene rings is 1. The van der Waals surface area contributed by atoms with Crippen LogP contribution >= 0.6 is 12.6 Å². The van der Waals surface area contributed by atoms with Gasteiger partial charge in [-0.2, -0.15) is 12.6 Å². The number of nitrogen functional groups attached to an aromatic ring is 2. The molecule has 0 atom stereocenters. The van der Waals surface area contributed by atoms with Crippen LogP contribution in [0.15, 0.2) is 23.7 Å². The number of para-hydroxylation sites is 1. The first kappa shape index (κ1) is 16.3. The average molecular weight is 306 g/mol. The van der Waals surface area contributed by atoms with Crippen molar-refractivity contribution in [1.29, 1.82) is 0 Å². The fraction of sp³-hybridized carbons (Fsp3) is 0.467. The molecule has 0 radical (unpaired) electrons. The van der Waals surface area contributed by atoms with Crippen LogP contribution in [0.1, 0.15) is 33.3 Å². The third kappa shape index (κ3) is 3.07. The first-order valence-electron chi connectivity index (χ1n) is 6.99. The van der Waals surface area contributed by atoms with E-state index in [9.17, 15) is 0 Å². The third-order valence-electron chi connectivity index (χ3n) is 4.25. The van der Waals surface area contributed by atoms with Crippen LogP contribution in [0.2, 0.25) is 0 Å². The fourth-order valence-corrected chi connectivity index (χ4v) is 2.35. The fourth-order valence-electron chi connectivity index (χ4n) is 2.11. The average Bonchev–Trinajstić information content (AvgIpc) is 2.60. The zero-order valence-corrected chi connectivity index (χ0v) is 13.9. The Bertz CT molecular complexity index is 557. The number of nitrogens with two attached hydrogens (primary N) is 2. The summed E-state index contributed by atoms with van der Waals surface area (Å²) in [4.78, 5) is 0. The van der Waals surface area contributed by atoms with Crippen LogP contribution in [0, 0.1) is 0 Å². The summed E-state index contributed by atoms with van der Waals surface area (Å²) in [5, 5.41) is 0. The van der Waals surface area contributed by atoms with Crippen LogP contribution in [0.25, 0.3) is 6.08 Å². The largest absolute Gasteiger partial charge is 0.491 e. The van der Waals surface area contributed by atoms with Crippen LogP contribution in [0.5, 0.6) is 0 Å². The van der Waals surface area contributed by atoms with Gasteiger partial charge < -0.3 is 20.8 Å². The van der Waals surface area contributed by atoms with E-state index in [-0.39, 0.29) is 11.2 Å². The van der Waals surface area contributed by atoms with Gasteiger partial charge in [-0.1, -0.05) is 18.2 Å². The second kappa shape index (κ2) is 5.59. The Morgan fingerprint density at radius 2 is 1.76 bits per heavy atom. The van der Waals surface area contributed by atoms with Gasteiger partial charge in [0.15, 0.2) is 0 Å². The van der Waals surface area contributed by atoms with Gasteiger partial charge in [0.2, 0.25) is 0 Å². The number of hydrogen-bond donors (Lipinski definition) is 3. The van der Waals surface area contributed by atoms with E-state index in [0.29, 0.717) is 17.1 Å². The van der Waals surface area contributed by atoms with Gasteiger partial charge in [0.1, 0.15) is 0 Å². The van der Waals surface area contributed by atoms with Gasteiger partial charge in [0.05, 0.1) is 22.6 Å². The van der Waals surface area contributed by atoms with Crippen molar-refractivity contribution in [2.45, 2.75) is 38.9 Å². The molecule has 1 aliphatic heterocycles. The topological polar surface area (TPSA) is 70.5 Å². The highest BCUT2D eigenvalue weighted by Gasteiger charge is 2.52. The van der Waals surface area contributed by atoms with Crippen molar-refractivity contribution >= 4 is 37.2 Å². The summed E-state index contributed by atoms with van der Waals surface area (Å²) >= 11 is 4.39. The standard InChI is InChI=1S/C15H23BN2O2S/c1-14(2)15(3,4)20-16(19-14)11(9-21)8-10-6-5-7-12(17)13(10)18/h5-8,21H,9,17-18H2,1-4H3. The van der Waals surface area contributed by atoms with Crippen molar-refractivity contribution in [3.63, 3.8) is 0 Å². The summed E-state index contributed by atoms with van der Waals surface area (Å²) < 4.78 is 12.1. The molecule has 0 aromatic heterocycles. The second-order valence-corrected chi connectivity index (χ2v) is 6.63. The smallest absolute Gasteiger partial charge is 0.400 e. The van der Waals surface area contributed by atoms with Crippen LogP contribution in [-0.4, -0.2) is 24.1 Å². The first-order valence-corrected chi connectivity index (χ1v) is 7.62. The Morgan fingerprint density at radius 3 is 2.29 bits per heavy atom. The summed E-state index contributed by atoms with van der Waals surface area (Å²) in [6, 6.07) is 5.57. The van der Waals surface area contributed by atoms with E-state index >= 15 is 0 Å². The van der Waals surface area contributed by atoms with Crippen molar-refractivity contribution in [1.82, 2.24) is 0 Å². The molecule has 1 fully saturated rings. The molecule has 4 nitrogen and oxygen atoms in total. The molecule has 21 heavy (non-hydrogen) atoms. The Labute approximate surface area is 132 Å². The summed E-state index contributed by atoms with van der Waals surface area (Å²) in [5.41, 5.74) is 14.0. The summed E-state index contributed by atoms with van der Waals surface area (Å²) in [5.74, 6) is 0.519. The molecule has 1 aliphatic rings. The zero-order valence-electron chi connectivity index (χ0n) is 13.0. The van der Waals surface area contributed by atoms with E-state index in [1.165, 1.54) is 0 Å². The minimum absolute atomic E-state index is 0.374. The maximum atomic E-state index is 6.05. The van der Waals surface area contributed by atoms with Gasteiger partial charge in [-0.05, 0) is 44.8 Å². The molecule has 1 aromatic carbocycles. The van der Waals surface area contributed by atoms with Gasteiger partial charge >= 0.3 is 7.12 Å². The van der Waals surface area contributed by atoms with Gasteiger partial charge in [-0.15, -0.1) is 0 Å². The van der Waals surface area contributed by atoms with Crippen LogP contribution in [0.4, 0.5) is 11.4 Å². The van der Waals surface area contributed by atoms with Crippen molar-refractivity contribution < 1.29 is 9.31 Å². The first-order chi connectivity index (χ1) is 9.68. The van der Waals surface area contributed by atoms with E-state index in [4.69, 9.17) is 20.8 Å². The minimum atomic E-state index is -0.423. The molecule has 114 valence electrons. The van der Waals surface area contributed by atoms with E-state index in [1.54, 1.807) is 6.07 Å². The van der Waals surface area contributed by atoms with Crippen molar-refractivity contribution in [2.75, 3.05) is 17.2 Å². The molecule has 0 saturated carbocycles. The Morgan fingerprint density at radius 1 is 1.19 bits per heavy atom. The van der Waals surface area contributed by atoms with Gasteiger partial charge in [-0.25, -0.2) is 0 Å². The second-order valence-electron chi connectivity index (χ2n) is 6.32. The van der Waals surface area contributed by atoms with E-state index in [1.807, 2.05) is 45.9 Å². The van der Waals surface area contributed by atoms with Gasteiger partial charge in [0, 0.05) is 5.75 Å². The Kier molecular flexibility index (Phi) is 4.33. The molecule has 1 saturated heterocycles. The highest BCUT2D eigenvalue weighted by Crippen LogP contribution is 2.39. The Hall–Kier alpha value is -1.11. The van der Waals surface area contributed by atoms with Crippen LogP contribution < -0.4 is 11.5 Å². The predicted molar refractivity (Wildman–Crippen MR) is 93.2 cm³/mol. The predicted octanol–water partition coefficient (Wildman–Crippen LogP) is 2.80. The van der Waals surface area contributed by atoms with E-state index < -0.39 is 7.12 Å². The third-order valence-corrected chi connectivity index (χ3v) is 4.62. The number of rotatable bonds is 3. The molecule has 1 heterocycles. The number of anilines is 2. The molecule has 0 spiro atoms. The lowest BCUT2D eigenvalue weighted by Gasteiger charge is -2.32. The lowest BCUT2D eigenvalue weighted by Crippen LogP contribution is -2.41. The monoisotopic (exact) mass is 306 g/mol. The summed E-state index contributed by atoms with van der Waals surface area (Å²) in [6.45, 7) is 8.10. The molecule has 1 aromatic rings. The molecule has 0 aliphatic carbocycles. The zero-order chi connectivity index (χ0) is 15.8. The molecular weight excluding hydrogens is 283 g/mol. The maximum absolute atomic E-state index is 6.05. The van der Waals surface area contributed by atoms with Crippen molar-refractivity contribution in [3.05, 3.63) is 29.2 Å². The molecule has 6 heteroatoms. The molecule has 0 amide bonds. The quantitative estimate of drug-likeness (QED) is 0.456. The highest BCUT2D eigenvalue weighted by atomic mass is 32.1. The maximum Gasteiger partial charge on any atom is 0.491 e. The van der Waals surface area contributed by atoms with Crippen molar-refractivity contribution in [2.24, 2.45) is 0 Å². The normalized spacial score (nSPS) is 20.8. The molecular formula is C15H23BN2O2S. The van der Waals surface area contributed by atoms with Crippen LogP contribution in [-0.2, 0) is 9.31 Å². The highest BCUT2D eigenvalue weighted by molar-refractivity contribution is 7.80. The summed E-state index contributed by atoms with van der Waals surface area (Å²) in [6.07, 6.45) is 1.95. The number of hydrogen-bond acceptors (Lipinski definition) is 5. The number of thiol groups is 1. The van der Waals surface area contributed by atoms with E-state index in [0.717, 1.165) is 11.0 Å². The van der Waals surface area contributed by atoms with Crippen LogP contribution in [0.3, 0.4) is 0 Å². The SMILES string of the molecule is CC1(C)OB(C(=Cc2cccc(N)c2N)CS)OC1(C)C. The molecule has 0 bridgehead atoms. The summed E-state index contributed by atoms with van der Waals surface area (Å²) in [7, 11) is -0.423.